The summed E-state index contributed by atoms with van der Waals surface area (Å²) in [5.74, 6) is 0. The Kier molecular flexibility index (Phi) is 42.1. The molecule has 0 saturated carbocycles. The summed E-state index contributed by atoms with van der Waals surface area (Å²) >= 11 is 8.06. The standard InChI is InChI=1S/2Sb.Se.Te. The van der Waals surface area contributed by atoms with Gasteiger partial charge in [0.05, 0.1) is 0 Å². The van der Waals surface area contributed by atoms with Crippen LogP contribution >= 0.6 is 0 Å². The molecule has 0 aromatic heterocycles. The van der Waals surface area contributed by atoms with Crippen LogP contribution in [0, 0.1) is 0 Å². The van der Waals surface area contributed by atoms with Crippen molar-refractivity contribution in [3.05, 3.63) is 0 Å². The predicted octanol–water partition coefficient (Wildman–Crippen LogP) is -1.52. The molecule has 0 rings (SSSR count). The Morgan fingerprint density at radius 2 is 1.25 bits per heavy atom. The molecule has 0 saturated heterocycles. The molecule has 4 heteroatoms. The van der Waals surface area contributed by atoms with Crippen molar-refractivity contribution < 1.29 is 0 Å². The van der Waals surface area contributed by atoms with E-state index < -0.39 is 0 Å². The van der Waals surface area contributed by atoms with Gasteiger partial charge in [-0.05, 0) is 0 Å². The first-order valence-corrected chi connectivity index (χ1v) is 14.6. The molecule has 0 aliphatic heterocycles. The Morgan fingerprint density at radius 3 is 1.25 bits per heavy atom. The summed E-state index contributed by atoms with van der Waals surface area (Å²) in [6.45, 7) is 0. The van der Waals surface area contributed by atoms with Crippen molar-refractivity contribution in [2.45, 2.75) is 0 Å². The molecule has 4 heavy (non-hydrogen) atoms. The molecule has 0 aliphatic rings. The van der Waals surface area contributed by atoms with Crippen LogP contribution in [0.15, 0.2) is 0 Å². The zero-order valence-corrected chi connectivity index (χ0v) is 10.9. The van der Waals surface area contributed by atoms with Gasteiger partial charge in [-0.15, -0.1) is 0 Å². The first-order chi connectivity index (χ1) is 2.00. The summed E-state index contributed by atoms with van der Waals surface area (Å²) in [4.78, 5) is 0. The van der Waals surface area contributed by atoms with E-state index in [1.54, 1.807) is 38.6 Å². The van der Waals surface area contributed by atoms with Crippen LogP contribution in [0.25, 0.3) is 0 Å². The fourth-order valence-corrected chi connectivity index (χ4v) is 0. The molecule has 0 N–H and O–H groups in total. The maximum absolute atomic E-state index is 2.68. The molecule has 0 aliphatic carbocycles. The molecule has 2 radical (unpaired) electrons. The van der Waals surface area contributed by atoms with E-state index in [0.717, 1.165) is 0 Å². The van der Waals surface area contributed by atoms with Gasteiger partial charge in [-0.3, -0.25) is 0 Å². The van der Waals surface area contributed by atoms with E-state index in [2.05, 4.69) is 12.1 Å². The molecular formula is Sb2SeTe. The summed E-state index contributed by atoms with van der Waals surface area (Å²) in [6, 6.07) is 0. The molecule has 0 heterocycles. The average molecular weight is 450 g/mol. The van der Waals surface area contributed by atoms with Crippen LogP contribution in [0.1, 0.15) is 0 Å². The maximum atomic E-state index is 2.68. The van der Waals surface area contributed by atoms with E-state index in [1.807, 2.05) is 17.6 Å². The minimum absolute atomic E-state index is 1.62. The normalized spacial score (nSPS) is 2.00. The number of hydrogen-bond acceptors (Lipinski definition) is 0. The van der Waals surface area contributed by atoms with Gasteiger partial charge in [0.1, 0.15) is 0 Å². The van der Waals surface area contributed by atoms with Crippen molar-refractivity contribution in [2.24, 2.45) is 0 Å². The Balaban J connectivity index is 0. The molecule has 0 aromatic rings. The quantitative estimate of drug-likeness (QED) is 0.394. The van der Waals surface area contributed by atoms with E-state index in [1.165, 1.54) is 0 Å². The van der Waals surface area contributed by atoms with Crippen LogP contribution in [0.2, 0.25) is 0 Å². The van der Waals surface area contributed by atoms with Crippen LogP contribution < -0.4 is 0 Å². The molecule has 0 atom stereocenters. The molecule has 0 bridgehead atoms. The Morgan fingerprint density at radius 1 is 1.25 bits per heavy atom. The van der Waals surface area contributed by atoms with Crippen LogP contribution in [0.3, 0.4) is 0 Å². The summed E-state index contributed by atoms with van der Waals surface area (Å²) in [6.07, 6.45) is 0. The molecular weight excluding hydrogens is 450 g/mol. The summed E-state index contributed by atoms with van der Waals surface area (Å²) < 4.78 is 0. The zero-order chi connectivity index (χ0) is 4.00. The second-order valence-corrected chi connectivity index (χ2v) is 0. The summed E-state index contributed by atoms with van der Waals surface area (Å²) in [5.41, 5.74) is 0. The topological polar surface area (TPSA) is 0 Å². The number of hydrogen-bond donors (Lipinski definition) is 0. The van der Waals surface area contributed by atoms with Crippen molar-refractivity contribution >= 4 is 68.3 Å². The molecule has 0 nitrogen and oxygen atoms in total. The predicted molar refractivity (Wildman–Crippen MR) is 23.0 cm³/mol. The SMILES string of the molecule is [Sb]=[Te].[Se]=[Sb]. The second kappa shape index (κ2) is 16.8. The third kappa shape index (κ3) is 8.87. The van der Waals surface area contributed by atoms with Gasteiger partial charge >= 0.3 is 68.3 Å². The zero-order valence-electron chi connectivity index (χ0n) is 1.71. The Hall–Kier alpha value is 2.95. The van der Waals surface area contributed by atoms with Crippen LogP contribution in [-0.2, 0) is 0 Å². The van der Waals surface area contributed by atoms with Gasteiger partial charge in [-0.2, -0.15) is 0 Å². The van der Waals surface area contributed by atoms with Crippen molar-refractivity contribution in [3.63, 3.8) is 0 Å². The number of rotatable bonds is 0. The van der Waals surface area contributed by atoms with Gasteiger partial charge in [0.2, 0.25) is 0 Å². The third-order valence-corrected chi connectivity index (χ3v) is 0. The third-order valence-electron chi connectivity index (χ3n) is 0. The monoisotopic (exact) mass is 452 g/mol. The van der Waals surface area contributed by atoms with Gasteiger partial charge in [-0.25, -0.2) is 0 Å². The Labute approximate surface area is 66.7 Å². The van der Waals surface area contributed by atoms with Crippen molar-refractivity contribution in [1.82, 2.24) is 0 Å². The molecule has 0 aromatic carbocycles. The average Bonchev–Trinajstić information content (AvgIpc) is 1.50. The summed E-state index contributed by atoms with van der Waals surface area (Å²) in [5, 5.41) is 0. The van der Waals surface area contributed by atoms with E-state index in [4.69, 9.17) is 0 Å². The van der Waals surface area contributed by atoms with E-state index in [0.29, 0.717) is 0 Å². The van der Waals surface area contributed by atoms with Gasteiger partial charge in [0.25, 0.3) is 0 Å². The van der Waals surface area contributed by atoms with Gasteiger partial charge in [-0.1, -0.05) is 0 Å². The molecule has 0 unspecified atom stereocenters. The van der Waals surface area contributed by atoms with Gasteiger partial charge < -0.3 is 0 Å². The first-order valence-electron chi connectivity index (χ1n) is 0.365. The van der Waals surface area contributed by atoms with E-state index in [9.17, 15) is 0 Å². The van der Waals surface area contributed by atoms with Crippen LogP contribution in [-0.4, -0.2) is 68.3 Å². The molecule has 0 amide bonds. The fraction of sp³-hybridized carbons (Fsp3) is 0. The van der Waals surface area contributed by atoms with Crippen LogP contribution in [0.5, 0.6) is 0 Å². The molecule has 0 spiro atoms. The fourth-order valence-electron chi connectivity index (χ4n) is 0. The van der Waals surface area contributed by atoms with Crippen molar-refractivity contribution in [1.29, 1.82) is 0 Å². The molecule has 0 fully saturated rings. The Bertz CT molecular complexity index is 8.00. The van der Waals surface area contributed by atoms with E-state index in [-0.39, 0.29) is 0 Å². The van der Waals surface area contributed by atoms with Crippen molar-refractivity contribution in [2.75, 3.05) is 0 Å². The summed E-state index contributed by atoms with van der Waals surface area (Å²) in [7, 11) is 0. The van der Waals surface area contributed by atoms with Gasteiger partial charge in [0.15, 0.2) is 0 Å². The first kappa shape index (κ1) is 10.0. The minimum atomic E-state index is 1.62. The van der Waals surface area contributed by atoms with Gasteiger partial charge in [0, 0.05) is 0 Å². The van der Waals surface area contributed by atoms with Crippen LogP contribution in [0.4, 0.5) is 0 Å². The van der Waals surface area contributed by atoms with Crippen molar-refractivity contribution in [3.8, 4) is 0 Å². The van der Waals surface area contributed by atoms with E-state index >= 15 is 0 Å². The second-order valence-electron chi connectivity index (χ2n) is 0. The molecule has 22 valence electrons.